The summed E-state index contributed by atoms with van der Waals surface area (Å²) in [6.45, 7) is 1.53. The van der Waals surface area contributed by atoms with Crippen LogP contribution < -0.4 is 15.4 Å². The molecule has 2 N–H and O–H groups in total. The summed E-state index contributed by atoms with van der Waals surface area (Å²) in [6, 6.07) is 4.68. The van der Waals surface area contributed by atoms with Crippen molar-refractivity contribution < 1.29 is 13.5 Å². The van der Waals surface area contributed by atoms with Crippen LogP contribution in [0.3, 0.4) is 0 Å². The maximum Gasteiger partial charge on any atom is 0.272 e. The molecule has 4 nitrogen and oxygen atoms in total. The smallest absolute Gasteiger partial charge is 0.272 e. The first-order chi connectivity index (χ1) is 12.0. The van der Waals surface area contributed by atoms with Gasteiger partial charge in [-0.3, -0.25) is 4.99 Å². The monoisotopic (exact) mass is 349 g/mol. The highest BCUT2D eigenvalue weighted by atomic mass is 19.3. The van der Waals surface area contributed by atoms with Crippen LogP contribution in [0.1, 0.15) is 37.3 Å². The maximum absolute atomic E-state index is 12.8. The zero-order valence-electron chi connectivity index (χ0n) is 14.7. The van der Waals surface area contributed by atoms with Crippen LogP contribution in [0.15, 0.2) is 23.3 Å². The Morgan fingerprint density at radius 3 is 2.80 bits per heavy atom. The number of ether oxygens (including phenoxy) is 1. The molecule has 1 fully saturated rings. The summed E-state index contributed by atoms with van der Waals surface area (Å²) in [5, 5.41) is 0. The summed E-state index contributed by atoms with van der Waals surface area (Å²) in [6.07, 6.45) is 4.63. The first-order valence-electron chi connectivity index (χ1n) is 8.76. The van der Waals surface area contributed by atoms with Crippen molar-refractivity contribution in [2.45, 2.75) is 51.1 Å². The van der Waals surface area contributed by atoms with E-state index in [0.717, 1.165) is 42.5 Å². The van der Waals surface area contributed by atoms with Gasteiger partial charge in [0, 0.05) is 47.9 Å². The van der Waals surface area contributed by atoms with Gasteiger partial charge in [0.25, 0.3) is 6.43 Å². The average molecular weight is 349 g/mol. The molecule has 1 aliphatic heterocycles. The number of anilines is 1. The quantitative estimate of drug-likeness (QED) is 0.798. The lowest BCUT2D eigenvalue weighted by Gasteiger charge is -2.35. The Bertz CT molecular complexity index is 683. The number of benzene rings is 1. The number of halogens is 2. The Morgan fingerprint density at radius 1 is 1.40 bits per heavy atom. The molecule has 0 spiro atoms. The Labute approximate surface area is 147 Å². The van der Waals surface area contributed by atoms with Gasteiger partial charge in [-0.1, -0.05) is 0 Å². The fraction of sp³-hybridized carbons (Fsp3) is 0.526. The molecule has 25 heavy (non-hydrogen) atoms. The third-order valence-electron chi connectivity index (χ3n) is 4.90. The van der Waals surface area contributed by atoms with Gasteiger partial charge in [-0.2, -0.15) is 0 Å². The van der Waals surface area contributed by atoms with Crippen molar-refractivity contribution in [2.75, 3.05) is 18.6 Å². The van der Waals surface area contributed by atoms with E-state index >= 15 is 0 Å². The zero-order chi connectivity index (χ0) is 18.0. The van der Waals surface area contributed by atoms with Crippen molar-refractivity contribution in [1.82, 2.24) is 0 Å². The molecule has 1 saturated carbocycles. The molecule has 6 heteroatoms. The molecule has 1 unspecified atom stereocenters. The number of hydrogen-bond donors (Lipinski definition) is 1. The molecule has 1 heterocycles. The lowest BCUT2D eigenvalue weighted by Crippen LogP contribution is -2.34. The number of nitrogens with zero attached hydrogens (tertiary/aromatic N) is 2. The molecule has 3 rings (SSSR count). The average Bonchev–Trinajstić information content (AvgIpc) is 3.41. The Balaban J connectivity index is 2.01. The van der Waals surface area contributed by atoms with Crippen LogP contribution in [0.25, 0.3) is 5.57 Å². The Morgan fingerprint density at radius 2 is 2.16 bits per heavy atom. The van der Waals surface area contributed by atoms with Gasteiger partial charge in [0.1, 0.15) is 12.4 Å². The van der Waals surface area contributed by atoms with Crippen LogP contribution in [0, 0.1) is 0 Å². The molecule has 1 aromatic rings. The molecule has 0 aromatic heterocycles. The van der Waals surface area contributed by atoms with Gasteiger partial charge in [-0.05, 0) is 44.7 Å². The minimum Gasteiger partial charge on any atom is -0.487 e. The van der Waals surface area contributed by atoms with E-state index in [2.05, 4.69) is 16.8 Å². The Hall–Kier alpha value is -2.11. The van der Waals surface area contributed by atoms with Crippen LogP contribution in [0.5, 0.6) is 5.75 Å². The lowest BCUT2D eigenvalue weighted by molar-refractivity contribution is 0.0812. The third-order valence-corrected chi connectivity index (χ3v) is 4.90. The number of hydrogen-bond acceptors (Lipinski definition) is 4. The minimum absolute atomic E-state index is 0.366. The minimum atomic E-state index is -2.52. The van der Waals surface area contributed by atoms with Gasteiger partial charge in [0.2, 0.25) is 0 Å². The standard InChI is InChI=1S/C19H25F2N3O/c1-12-3-6-16-17(24(12)2)8-7-15(19(16)25-11-18(20)21)13(9-22)10-23-14-4-5-14/h7-10,12,14,18H,3-6,11,22H2,1-2H3. The van der Waals surface area contributed by atoms with Gasteiger partial charge in [0.05, 0.1) is 6.04 Å². The molecule has 2 aliphatic rings. The number of fused-ring (bicyclic) bond motifs is 1. The zero-order valence-corrected chi connectivity index (χ0v) is 14.7. The maximum atomic E-state index is 12.8. The topological polar surface area (TPSA) is 50.9 Å². The molecule has 0 amide bonds. The third kappa shape index (κ3) is 3.94. The number of allylic oxidation sites excluding steroid dienone is 1. The van der Waals surface area contributed by atoms with E-state index < -0.39 is 13.0 Å². The SMILES string of the molecule is CC1CCc2c(ccc(C(C=NC3CC3)=CN)c2OCC(F)F)N1C. The highest BCUT2D eigenvalue weighted by molar-refractivity contribution is 6.11. The van der Waals surface area contributed by atoms with Gasteiger partial charge in [-0.15, -0.1) is 0 Å². The van der Waals surface area contributed by atoms with E-state index in [0.29, 0.717) is 23.4 Å². The van der Waals surface area contributed by atoms with Crippen molar-refractivity contribution in [3.8, 4) is 5.75 Å². The molecule has 136 valence electrons. The van der Waals surface area contributed by atoms with Crippen LogP contribution >= 0.6 is 0 Å². The molecular weight excluding hydrogens is 324 g/mol. The van der Waals surface area contributed by atoms with E-state index in [1.807, 2.05) is 19.2 Å². The van der Waals surface area contributed by atoms with E-state index in [9.17, 15) is 8.78 Å². The van der Waals surface area contributed by atoms with Crippen molar-refractivity contribution in [2.24, 2.45) is 10.7 Å². The highest BCUT2D eigenvalue weighted by Crippen LogP contribution is 2.40. The molecule has 0 saturated heterocycles. The van der Waals surface area contributed by atoms with E-state index in [4.69, 9.17) is 10.5 Å². The fourth-order valence-electron chi connectivity index (χ4n) is 3.12. The molecule has 1 atom stereocenters. The summed E-state index contributed by atoms with van der Waals surface area (Å²) in [5.41, 5.74) is 9.23. The second kappa shape index (κ2) is 7.42. The summed E-state index contributed by atoms with van der Waals surface area (Å²) < 4.78 is 31.1. The van der Waals surface area contributed by atoms with Crippen molar-refractivity contribution in [3.05, 3.63) is 29.5 Å². The molecular formula is C19H25F2N3O. The van der Waals surface area contributed by atoms with Crippen LogP contribution in [0.2, 0.25) is 0 Å². The first kappa shape index (κ1) is 17.7. The number of aliphatic imine (C=N–C) groups is 1. The van der Waals surface area contributed by atoms with Crippen molar-refractivity contribution >= 4 is 17.5 Å². The predicted octanol–water partition coefficient (Wildman–Crippen LogP) is 3.63. The van der Waals surface area contributed by atoms with Crippen LogP contribution in [-0.4, -0.2) is 38.4 Å². The van der Waals surface area contributed by atoms with Gasteiger partial charge < -0.3 is 15.4 Å². The summed E-state index contributed by atoms with van der Waals surface area (Å²) in [5.74, 6) is 0.510. The summed E-state index contributed by atoms with van der Waals surface area (Å²) in [4.78, 5) is 6.64. The first-order valence-corrected chi connectivity index (χ1v) is 8.76. The predicted molar refractivity (Wildman–Crippen MR) is 97.8 cm³/mol. The van der Waals surface area contributed by atoms with Crippen molar-refractivity contribution in [3.63, 3.8) is 0 Å². The molecule has 1 aromatic carbocycles. The normalized spacial score (nSPS) is 21.1. The van der Waals surface area contributed by atoms with E-state index in [1.54, 1.807) is 6.21 Å². The number of nitrogens with two attached hydrogens (primary N) is 1. The Kier molecular flexibility index (Phi) is 5.25. The lowest BCUT2D eigenvalue weighted by atomic mass is 9.92. The van der Waals surface area contributed by atoms with Crippen LogP contribution in [-0.2, 0) is 6.42 Å². The molecule has 0 bridgehead atoms. The summed E-state index contributed by atoms with van der Waals surface area (Å²) in [7, 11) is 2.02. The van der Waals surface area contributed by atoms with E-state index in [-0.39, 0.29) is 0 Å². The highest BCUT2D eigenvalue weighted by Gasteiger charge is 2.26. The van der Waals surface area contributed by atoms with Crippen LogP contribution in [0.4, 0.5) is 14.5 Å². The molecule has 0 radical (unpaired) electrons. The number of alkyl halides is 2. The second-order valence-corrected chi connectivity index (χ2v) is 6.77. The van der Waals surface area contributed by atoms with E-state index in [1.165, 1.54) is 6.20 Å². The fourth-order valence-corrected chi connectivity index (χ4v) is 3.12. The summed E-state index contributed by atoms with van der Waals surface area (Å²) >= 11 is 0. The van der Waals surface area contributed by atoms with Gasteiger partial charge in [-0.25, -0.2) is 8.78 Å². The van der Waals surface area contributed by atoms with Gasteiger partial charge in [0.15, 0.2) is 0 Å². The van der Waals surface area contributed by atoms with Gasteiger partial charge >= 0.3 is 0 Å². The molecule has 1 aliphatic carbocycles. The second-order valence-electron chi connectivity index (χ2n) is 6.77. The largest absolute Gasteiger partial charge is 0.487 e. The number of rotatable bonds is 6. The van der Waals surface area contributed by atoms with Crippen molar-refractivity contribution in [1.29, 1.82) is 0 Å².